The van der Waals surface area contributed by atoms with E-state index in [1.165, 1.54) is 14.0 Å². The molecule has 1 saturated heterocycles. The van der Waals surface area contributed by atoms with Crippen LogP contribution in [0.4, 0.5) is 18.0 Å². The van der Waals surface area contributed by atoms with Crippen molar-refractivity contribution in [2.75, 3.05) is 19.6 Å². The minimum absolute atomic E-state index is 0.0205. The van der Waals surface area contributed by atoms with E-state index in [9.17, 15) is 18.0 Å². The molecular weight excluding hydrogens is 520 g/mol. The van der Waals surface area contributed by atoms with Crippen LogP contribution < -0.4 is 5.32 Å². The minimum atomic E-state index is -4.43. The number of nitrogens with one attached hydrogen (secondary N) is 1. The third-order valence-corrected chi connectivity index (χ3v) is 7.03. The highest BCUT2D eigenvalue weighted by atomic mass is 127. The van der Waals surface area contributed by atoms with E-state index in [1.807, 2.05) is 32.9 Å². The van der Waals surface area contributed by atoms with Gasteiger partial charge < -0.3 is 10.2 Å². The van der Waals surface area contributed by atoms with Gasteiger partial charge in [0, 0.05) is 67.4 Å². The Bertz CT molecular complexity index is 1050. The molecule has 0 aliphatic carbocycles. The van der Waals surface area contributed by atoms with Gasteiger partial charge in [0.2, 0.25) is 0 Å². The second-order valence-corrected chi connectivity index (χ2v) is 8.72. The van der Waals surface area contributed by atoms with Crippen LogP contribution in [0.25, 0.3) is 16.8 Å². The number of aromatic nitrogens is 4. The number of alkyl halides is 3. The molecule has 1 N–H and O–H groups in total. The Balaban J connectivity index is 1.66. The van der Waals surface area contributed by atoms with Crippen LogP contribution in [0.2, 0.25) is 0 Å². The van der Waals surface area contributed by atoms with Crippen LogP contribution in [-0.4, -0.2) is 55.1 Å². The fourth-order valence-electron chi connectivity index (χ4n) is 3.94. The lowest BCUT2D eigenvalue weighted by molar-refractivity contribution is -0.123. The van der Waals surface area contributed by atoms with Gasteiger partial charge in [-0.3, -0.25) is 8.37 Å². The molecule has 156 valence electrons. The third kappa shape index (κ3) is 3.88. The summed E-state index contributed by atoms with van der Waals surface area (Å²) < 4.78 is 41.3. The summed E-state index contributed by atoms with van der Waals surface area (Å²) in [6.45, 7) is 1.46. The quantitative estimate of drug-likeness (QED) is 0.506. The first kappa shape index (κ1) is 20.6. The summed E-state index contributed by atoms with van der Waals surface area (Å²) in [6.07, 6.45) is 1.80. The number of imidazole rings is 1. The molecule has 1 aliphatic heterocycles. The zero-order valence-corrected chi connectivity index (χ0v) is 18.3. The van der Waals surface area contributed by atoms with Gasteiger partial charge in [0.1, 0.15) is 6.54 Å². The molecule has 0 bridgehead atoms. The Morgan fingerprint density at radius 1 is 1.34 bits per heavy atom. The second-order valence-electron chi connectivity index (χ2n) is 7.01. The molecule has 29 heavy (non-hydrogen) atoms. The van der Waals surface area contributed by atoms with Crippen molar-refractivity contribution in [3.63, 3.8) is 0 Å². The Labute approximate surface area is 180 Å². The standard InChI is InChI=1S/C17H18F3IN6OS/c1-2-10-7-25(16(28)24-9-17(18,19)20)8-11(10)13-5-22-14-6-23-15-12(27(13)14)3-4-26(15)29-21/h3-6,10-11H,2,7-9H2,1H3,(H,24,28)/t10-,11+/m1/s1. The summed E-state index contributed by atoms with van der Waals surface area (Å²) >= 11 is 2.18. The summed E-state index contributed by atoms with van der Waals surface area (Å²) in [6, 6.07) is 1.28. The zero-order chi connectivity index (χ0) is 20.8. The van der Waals surface area contributed by atoms with Crippen LogP contribution in [0.15, 0.2) is 24.7 Å². The number of amides is 2. The van der Waals surface area contributed by atoms with Crippen molar-refractivity contribution in [1.29, 1.82) is 0 Å². The number of halogens is 4. The molecule has 3 aromatic heterocycles. The molecule has 0 spiro atoms. The van der Waals surface area contributed by atoms with Gasteiger partial charge in [0.25, 0.3) is 0 Å². The zero-order valence-electron chi connectivity index (χ0n) is 15.4. The van der Waals surface area contributed by atoms with Crippen LogP contribution in [0.1, 0.15) is 25.0 Å². The van der Waals surface area contributed by atoms with Gasteiger partial charge >= 0.3 is 12.2 Å². The average Bonchev–Trinajstić information content (AvgIpc) is 3.39. The first-order chi connectivity index (χ1) is 13.8. The molecule has 3 aromatic rings. The van der Waals surface area contributed by atoms with Gasteiger partial charge in [-0.1, -0.05) is 13.3 Å². The fraction of sp³-hybridized carbons (Fsp3) is 0.471. The van der Waals surface area contributed by atoms with Crippen molar-refractivity contribution >= 4 is 53.2 Å². The van der Waals surface area contributed by atoms with Crippen molar-refractivity contribution in [3.05, 3.63) is 30.4 Å². The number of carbonyl (C=O) groups is 1. The van der Waals surface area contributed by atoms with E-state index in [2.05, 4.69) is 31.2 Å². The second kappa shape index (κ2) is 7.85. The largest absolute Gasteiger partial charge is 0.405 e. The van der Waals surface area contributed by atoms with Crippen molar-refractivity contribution < 1.29 is 18.0 Å². The predicted octanol–water partition coefficient (Wildman–Crippen LogP) is 4.23. The maximum Gasteiger partial charge on any atom is 0.405 e. The highest BCUT2D eigenvalue weighted by molar-refractivity contribution is 14.2. The molecule has 0 aromatic carbocycles. The molecule has 2 atom stereocenters. The van der Waals surface area contributed by atoms with Crippen molar-refractivity contribution in [2.45, 2.75) is 25.4 Å². The number of nitrogens with zero attached hydrogens (tertiary/aromatic N) is 5. The first-order valence-corrected chi connectivity index (χ1v) is 12.4. The number of carbonyl (C=O) groups excluding carboxylic acids is 1. The van der Waals surface area contributed by atoms with Gasteiger partial charge in [-0.05, 0) is 12.0 Å². The van der Waals surface area contributed by atoms with Gasteiger partial charge in [-0.15, -0.1) is 0 Å². The molecule has 0 saturated carbocycles. The van der Waals surface area contributed by atoms with E-state index in [1.54, 1.807) is 12.4 Å². The maximum absolute atomic E-state index is 12.4. The van der Waals surface area contributed by atoms with Gasteiger partial charge in [-0.25, -0.2) is 14.8 Å². The summed E-state index contributed by atoms with van der Waals surface area (Å²) in [5, 5.41) is 1.98. The van der Waals surface area contributed by atoms with Crippen LogP contribution in [0.5, 0.6) is 0 Å². The smallest absolute Gasteiger partial charge is 0.329 e. The van der Waals surface area contributed by atoms with Crippen molar-refractivity contribution in [1.82, 2.24) is 28.6 Å². The molecule has 0 radical (unpaired) electrons. The molecule has 12 heteroatoms. The molecule has 4 heterocycles. The lowest BCUT2D eigenvalue weighted by Gasteiger charge is -2.18. The molecule has 0 unspecified atom stereocenters. The van der Waals surface area contributed by atoms with Gasteiger partial charge in [0.05, 0.1) is 11.7 Å². The lowest BCUT2D eigenvalue weighted by atomic mass is 9.91. The normalized spacial score (nSPS) is 20.1. The lowest BCUT2D eigenvalue weighted by Crippen LogP contribution is -2.42. The van der Waals surface area contributed by atoms with Crippen LogP contribution in [-0.2, 0) is 0 Å². The highest BCUT2D eigenvalue weighted by Crippen LogP contribution is 2.36. The Morgan fingerprint density at radius 2 is 2.14 bits per heavy atom. The summed E-state index contributed by atoms with van der Waals surface area (Å²) in [4.78, 5) is 22.7. The molecule has 1 aliphatic rings. The van der Waals surface area contributed by atoms with E-state index in [4.69, 9.17) is 0 Å². The SMILES string of the molecule is CC[C@@H]1CN(C(=O)NCC(F)(F)F)C[C@@H]1c1cnc2cnc3c(ccn3SI)n12. The molecule has 7 nitrogen and oxygen atoms in total. The maximum atomic E-state index is 12.4. The summed E-state index contributed by atoms with van der Waals surface area (Å²) in [7, 11) is 1.51. The van der Waals surface area contributed by atoms with E-state index in [-0.39, 0.29) is 11.8 Å². The Kier molecular flexibility index (Phi) is 5.57. The van der Waals surface area contributed by atoms with Gasteiger partial charge in [0.15, 0.2) is 11.3 Å². The monoisotopic (exact) mass is 538 g/mol. The number of fused-ring (bicyclic) bond motifs is 3. The molecule has 1 fully saturated rings. The fourth-order valence-corrected chi connectivity index (χ4v) is 5.20. The van der Waals surface area contributed by atoms with E-state index in [0.717, 1.165) is 23.3 Å². The van der Waals surface area contributed by atoms with Crippen LogP contribution >= 0.6 is 30.3 Å². The first-order valence-electron chi connectivity index (χ1n) is 9.04. The van der Waals surface area contributed by atoms with Crippen LogP contribution in [0, 0.1) is 5.92 Å². The number of urea groups is 1. The topological polar surface area (TPSA) is 67.5 Å². The number of hydrogen-bond donors (Lipinski definition) is 1. The number of likely N-dealkylation sites (tertiary alicyclic amines) is 1. The molecule has 2 amide bonds. The summed E-state index contributed by atoms with van der Waals surface area (Å²) in [5.74, 6) is 0.114. The Hall–Kier alpha value is -1.70. The van der Waals surface area contributed by atoms with Crippen molar-refractivity contribution in [2.24, 2.45) is 5.92 Å². The van der Waals surface area contributed by atoms with E-state index in [0.29, 0.717) is 18.7 Å². The highest BCUT2D eigenvalue weighted by Gasteiger charge is 2.38. The van der Waals surface area contributed by atoms with E-state index < -0.39 is 18.8 Å². The van der Waals surface area contributed by atoms with Crippen LogP contribution in [0.3, 0.4) is 0 Å². The van der Waals surface area contributed by atoms with Crippen molar-refractivity contribution in [3.8, 4) is 0 Å². The minimum Gasteiger partial charge on any atom is -0.329 e. The Morgan fingerprint density at radius 3 is 2.83 bits per heavy atom. The third-order valence-electron chi connectivity index (χ3n) is 5.31. The number of hydrogen-bond acceptors (Lipinski definition) is 4. The molecular formula is C17H18F3IN6OS. The predicted molar refractivity (Wildman–Crippen MR) is 113 cm³/mol. The van der Waals surface area contributed by atoms with E-state index >= 15 is 0 Å². The molecule has 4 rings (SSSR count). The van der Waals surface area contributed by atoms with Gasteiger partial charge in [-0.2, -0.15) is 13.2 Å². The average molecular weight is 538 g/mol. The number of rotatable bonds is 4. The summed E-state index contributed by atoms with van der Waals surface area (Å²) in [5.41, 5.74) is 3.37.